The van der Waals surface area contributed by atoms with E-state index in [0.29, 0.717) is 31.3 Å². The Hall–Kier alpha value is -0.960. The highest BCUT2D eigenvalue weighted by molar-refractivity contribution is 7.85. The second-order valence-corrected chi connectivity index (χ2v) is 6.55. The largest absolute Gasteiger partial charge is 0.377 e. The van der Waals surface area contributed by atoms with Crippen LogP contribution in [0.2, 0.25) is 5.28 Å². The standard InChI is InChI=1S/C11H16ClN3O4S/c1-8-6-19-4-3-15(8)10-5-9(13-11(12)14-10)7-20(16,17)18-2/h5,8H,3-4,6-7H2,1-2H3/t8-/m1/s1. The van der Waals surface area contributed by atoms with Gasteiger partial charge < -0.3 is 9.64 Å². The molecule has 9 heteroatoms. The predicted molar refractivity (Wildman–Crippen MR) is 74.3 cm³/mol. The Morgan fingerprint density at radius 2 is 2.30 bits per heavy atom. The maximum Gasteiger partial charge on any atom is 0.272 e. The molecule has 1 aliphatic rings. The molecule has 1 aromatic heterocycles. The second-order valence-electron chi connectivity index (χ2n) is 4.47. The van der Waals surface area contributed by atoms with Crippen molar-refractivity contribution >= 4 is 27.5 Å². The summed E-state index contributed by atoms with van der Waals surface area (Å²) in [7, 11) is -2.53. The summed E-state index contributed by atoms with van der Waals surface area (Å²) < 4.78 is 32.7. The van der Waals surface area contributed by atoms with Crippen LogP contribution < -0.4 is 4.90 Å². The summed E-state index contributed by atoms with van der Waals surface area (Å²) in [6, 6.07) is 1.76. The van der Waals surface area contributed by atoms with Gasteiger partial charge in [-0.15, -0.1) is 0 Å². The first-order valence-electron chi connectivity index (χ1n) is 6.07. The molecule has 0 N–H and O–H groups in total. The molecular weight excluding hydrogens is 306 g/mol. The molecule has 0 amide bonds. The third-order valence-corrected chi connectivity index (χ3v) is 4.31. The third-order valence-electron chi connectivity index (χ3n) is 2.98. The van der Waals surface area contributed by atoms with Gasteiger partial charge in [-0.1, -0.05) is 0 Å². The number of nitrogens with zero attached hydrogens (tertiary/aromatic N) is 3. The van der Waals surface area contributed by atoms with Crippen molar-refractivity contribution in [1.29, 1.82) is 0 Å². The summed E-state index contributed by atoms with van der Waals surface area (Å²) in [6.45, 7) is 3.86. The van der Waals surface area contributed by atoms with Gasteiger partial charge in [0, 0.05) is 12.6 Å². The van der Waals surface area contributed by atoms with Crippen LogP contribution in [0.25, 0.3) is 0 Å². The lowest BCUT2D eigenvalue weighted by Crippen LogP contribution is -2.44. The van der Waals surface area contributed by atoms with Crippen LogP contribution in [-0.4, -0.2) is 51.3 Å². The number of hydrogen-bond acceptors (Lipinski definition) is 7. The Bertz CT molecular complexity index is 581. The average molecular weight is 322 g/mol. The zero-order chi connectivity index (χ0) is 14.8. The number of hydrogen-bond donors (Lipinski definition) is 0. The number of aromatic nitrogens is 2. The first-order chi connectivity index (χ1) is 9.41. The number of ether oxygens (including phenoxy) is 1. The van der Waals surface area contributed by atoms with E-state index in [1.165, 1.54) is 0 Å². The van der Waals surface area contributed by atoms with Crippen molar-refractivity contribution in [3.05, 3.63) is 17.0 Å². The van der Waals surface area contributed by atoms with E-state index in [0.717, 1.165) is 7.11 Å². The van der Waals surface area contributed by atoms with Gasteiger partial charge in [0.2, 0.25) is 5.28 Å². The summed E-state index contributed by atoms with van der Waals surface area (Å²) in [5, 5.41) is 0.0162. The zero-order valence-electron chi connectivity index (χ0n) is 11.2. The Morgan fingerprint density at radius 1 is 1.55 bits per heavy atom. The molecule has 0 saturated carbocycles. The smallest absolute Gasteiger partial charge is 0.272 e. The third kappa shape index (κ3) is 3.78. The molecule has 7 nitrogen and oxygen atoms in total. The Labute approximate surface area is 123 Å². The fraction of sp³-hybridized carbons (Fsp3) is 0.636. The van der Waals surface area contributed by atoms with Crippen LogP contribution >= 0.6 is 11.6 Å². The molecule has 2 heterocycles. The van der Waals surface area contributed by atoms with Crippen LogP contribution in [0.3, 0.4) is 0 Å². The minimum Gasteiger partial charge on any atom is -0.377 e. The van der Waals surface area contributed by atoms with Gasteiger partial charge in [0.15, 0.2) is 0 Å². The SMILES string of the molecule is COS(=O)(=O)Cc1cc(N2CCOC[C@H]2C)nc(Cl)n1. The molecule has 1 saturated heterocycles. The van der Waals surface area contributed by atoms with Crippen molar-refractivity contribution in [3.63, 3.8) is 0 Å². The molecule has 0 unspecified atom stereocenters. The number of anilines is 1. The molecule has 1 atom stereocenters. The highest BCUT2D eigenvalue weighted by Gasteiger charge is 2.22. The lowest BCUT2D eigenvalue weighted by molar-refractivity contribution is 0.0985. The number of rotatable bonds is 4. The molecule has 0 radical (unpaired) electrons. The van der Waals surface area contributed by atoms with Crippen molar-refractivity contribution in [2.24, 2.45) is 0 Å². The van der Waals surface area contributed by atoms with Crippen molar-refractivity contribution < 1.29 is 17.3 Å². The predicted octanol–water partition coefficient (Wildman–Crippen LogP) is 0.831. The second kappa shape index (κ2) is 6.21. The van der Waals surface area contributed by atoms with Crippen molar-refractivity contribution in [2.75, 3.05) is 31.8 Å². The van der Waals surface area contributed by atoms with Crippen LogP contribution in [0.4, 0.5) is 5.82 Å². The Morgan fingerprint density at radius 3 is 2.95 bits per heavy atom. The summed E-state index contributed by atoms with van der Waals surface area (Å²) >= 11 is 5.87. The van der Waals surface area contributed by atoms with Crippen LogP contribution in [-0.2, 0) is 24.8 Å². The van der Waals surface area contributed by atoms with E-state index in [-0.39, 0.29) is 17.1 Å². The quantitative estimate of drug-likeness (QED) is 0.600. The van der Waals surface area contributed by atoms with E-state index in [2.05, 4.69) is 14.2 Å². The van der Waals surface area contributed by atoms with Gasteiger partial charge >= 0.3 is 0 Å². The fourth-order valence-corrected chi connectivity index (χ4v) is 2.80. The maximum absolute atomic E-state index is 11.5. The lowest BCUT2D eigenvalue weighted by atomic mass is 10.2. The Balaban J connectivity index is 2.28. The van der Waals surface area contributed by atoms with E-state index < -0.39 is 10.1 Å². The number of halogens is 1. The minimum atomic E-state index is -3.64. The molecule has 1 fully saturated rings. The molecule has 1 aromatic rings. The molecule has 0 aromatic carbocycles. The van der Waals surface area contributed by atoms with Gasteiger partial charge in [-0.2, -0.15) is 8.42 Å². The molecular formula is C11H16ClN3O4S. The highest BCUT2D eigenvalue weighted by atomic mass is 35.5. The normalized spacial score (nSPS) is 20.1. The first kappa shape index (κ1) is 15.4. The lowest BCUT2D eigenvalue weighted by Gasteiger charge is -2.34. The summed E-state index contributed by atoms with van der Waals surface area (Å²) in [5.74, 6) is 0.263. The topological polar surface area (TPSA) is 81.6 Å². The van der Waals surface area contributed by atoms with Crippen LogP contribution in [0.1, 0.15) is 12.6 Å². The average Bonchev–Trinajstić information content (AvgIpc) is 2.38. The molecule has 0 aliphatic carbocycles. The Kier molecular flexibility index (Phi) is 4.79. The summed E-state index contributed by atoms with van der Waals surface area (Å²) in [5.41, 5.74) is 0.306. The highest BCUT2D eigenvalue weighted by Crippen LogP contribution is 2.21. The van der Waals surface area contributed by atoms with Crippen molar-refractivity contribution in [1.82, 2.24) is 9.97 Å². The molecule has 112 valence electrons. The number of morpholine rings is 1. The summed E-state index contributed by atoms with van der Waals surface area (Å²) in [6.07, 6.45) is 0. The van der Waals surface area contributed by atoms with Crippen LogP contribution in [0.15, 0.2) is 6.07 Å². The van der Waals surface area contributed by atoms with Gasteiger partial charge in [-0.3, -0.25) is 4.18 Å². The first-order valence-corrected chi connectivity index (χ1v) is 8.03. The van der Waals surface area contributed by atoms with Gasteiger partial charge in [0.1, 0.15) is 11.6 Å². The molecule has 0 bridgehead atoms. The molecule has 2 rings (SSSR count). The monoisotopic (exact) mass is 321 g/mol. The molecule has 20 heavy (non-hydrogen) atoms. The van der Waals surface area contributed by atoms with Crippen molar-refractivity contribution in [3.8, 4) is 0 Å². The fourth-order valence-electron chi connectivity index (χ4n) is 1.98. The van der Waals surface area contributed by atoms with Gasteiger partial charge in [-0.25, -0.2) is 9.97 Å². The van der Waals surface area contributed by atoms with Gasteiger partial charge in [-0.05, 0) is 18.5 Å². The van der Waals surface area contributed by atoms with Crippen LogP contribution in [0.5, 0.6) is 0 Å². The zero-order valence-corrected chi connectivity index (χ0v) is 12.8. The van der Waals surface area contributed by atoms with Crippen molar-refractivity contribution in [2.45, 2.75) is 18.7 Å². The van der Waals surface area contributed by atoms with E-state index in [9.17, 15) is 8.42 Å². The molecule has 1 aliphatic heterocycles. The van der Waals surface area contributed by atoms with Gasteiger partial charge in [0.25, 0.3) is 10.1 Å². The van der Waals surface area contributed by atoms with E-state index in [1.54, 1.807) is 6.07 Å². The minimum absolute atomic E-state index is 0.0162. The van der Waals surface area contributed by atoms with E-state index in [1.807, 2.05) is 11.8 Å². The summed E-state index contributed by atoms with van der Waals surface area (Å²) in [4.78, 5) is 10.1. The van der Waals surface area contributed by atoms with Crippen LogP contribution in [0, 0.1) is 0 Å². The maximum atomic E-state index is 11.5. The molecule has 0 spiro atoms. The van der Waals surface area contributed by atoms with E-state index in [4.69, 9.17) is 16.3 Å². The van der Waals surface area contributed by atoms with E-state index >= 15 is 0 Å². The van der Waals surface area contributed by atoms with Gasteiger partial charge in [0.05, 0.1) is 32.1 Å².